The average molecular weight is 1260 g/mol. The van der Waals surface area contributed by atoms with Crippen LogP contribution in [0.4, 0.5) is 0 Å². The van der Waals surface area contributed by atoms with Crippen LogP contribution in [0, 0.1) is 0 Å². The molecule has 0 aliphatic heterocycles. The van der Waals surface area contributed by atoms with Crippen molar-refractivity contribution < 1.29 is 0 Å². The zero-order valence-electron chi connectivity index (χ0n) is 52.3. The predicted molar refractivity (Wildman–Crippen MR) is 407 cm³/mol. The molecule has 0 amide bonds. The number of rotatable bonds is 5. The van der Waals surface area contributed by atoms with Crippen molar-refractivity contribution in [2.24, 2.45) is 0 Å². The monoisotopic (exact) mass is 1250 g/mol. The summed E-state index contributed by atoms with van der Waals surface area (Å²) in [7, 11) is 0. The van der Waals surface area contributed by atoms with Gasteiger partial charge in [-0.3, -0.25) is 4.57 Å². The van der Waals surface area contributed by atoms with Crippen LogP contribution in [-0.2, 0) is 0 Å². The van der Waals surface area contributed by atoms with Crippen LogP contribution in [-0.4, -0.2) is 28.7 Å². The molecule has 0 bridgehead atoms. The fourth-order valence-corrected chi connectivity index (χ4v) is 16.1. The van der Waals surface area contributed by atoms with Gasteiger partial charge in [0.2, 0.25) is 0 Å². The molecule has 6 nitrogen and oxygen atoms in total. The van der Waals surface area contributed by atoms with E-state index in [4.69, 9.17) is 16.6 Å². The molecular formula is C90H55ClN6. The van der Waals surface area contributed by atoms with Crippen molar-refractivity contribution in [3.8, 4) is 84.0 Å². The molecule has 6 aromatic heterocycles. The highest BCUT2D eigenvalue weighted by atomic mass is 35.5. The second-order valence-corrected chi connectivity index (χ2v) is 25.8. The normalized spacial score (nSPS) is 12.0. The summed E-state index contributed by atoms with van der Waals surface area (Å²) in [6.45, 7) is 0. The van der Waals surface area contributed by atoms with Gasteiger partial charge in [0, 0.05) is 76.3 Å². The van der Waals surface area contributed by atoms with Gasteiger partial charge in [-0.1, -0.05) is 218 Å². The Labute approximate surface area is 562 Å². The van der Waals surface area contributed by atoms with Crippen molar-refractivity contribution in [2.45, 2.75) is 0 Å². The van der Waals surface area contributed by atoms with Crippen LogP contribution in [0.2, 0.25) is 5.15 Å². The average Bonchev–Trinajstić information content (AvgIpc) is 1.59. The first-order valence-electron chi connectivity index (χ1n) is 33.0. The molecule has 2 aliphatic carbocycles. The van der Waals surface area contributed by atoms with Crippen LogP contribution in [0.15, 0.2) is 328 Å². The number of pyridine rings is 2. The Balaban J connectivity index is 0.000000111. The lowest BCUT2D eigenvalue weighted by molar-refractivity contribution is 1.10. The number of fused-ring (bicyclic) bond motifs is 18. The van der Waals surface area contributed by atoms with E-state index in [1.54, 1.807) is 0 Å². The number of halogens is 1. The Kier molecular flexibility index (Phi) is 12.3. The van der Waals surface area contributed by atoms with Gasteiger partial charge in [0.05, 0.1) is 44.1 Å². The first kappa shape index (κ1) is 54.9. The summed E-state index contributed by atoms with van der Waals surface area (Å²) in [5.41, 5.74) is 28.9. The number of aromatic amines is 1. The third kappa shape index (κ3) is 8.60. The van der Waals surface area contributed by atoms with Crippen LogP contribution < -0.4 is 0 Å². The van der Waals surface area contributed by atoms with Crippen molar-refractivity contribution in [3.05, 3.63) is 333 Å². The van der Waals surface area contributed by atoms with Crippen LogP contribution in [0.3, 0.4) is 0 Å². The first-order chi connectivity index (χ1) is 48.0. The van der Waals surface area contributed by atoms with E-state index in [9.17, 15) is 0 Å². The van der Waals surface area contributed by atoms with E-state index in [1.165, 1.54) is 165 Å². The largest absolute Gasteiger partial charge is 0.355 e. The Hall–Kier alpha value is -12.6. The minimum atomic E-state index is 0.557. The highest BCUT2D eigenvalue weighted by molar-refractivity contribution is 6.31. The van der Waals surface area contributed by atoms with Crippen LogP contribution in [0.5, 0.6) is 0 Å². The lowest BCUT2D eigenvalue weighted by Gasteiger charge is -2.11. The number of H-pyrrole nitrogens is 1. The van der Waals surface area contributed by atoms with Crippen LogP contribution in [0.1, 0.15) is 0 Å². The summed E-state index contributed by atoms with van der Waals surface area (Å²) in [5.74, 6) is 0.945. The molecule has 6 heterocycles. The van der Waals surface area contributed by atoms with E-state index < -0.39 is 0 Å². The first-order valence-corrected chi connectivity index (χ1v) is 33.4. The molecule has 14 aromatic carbocycles. The second-order valence-electron chi connectivity index (χ2n) is 25.4. The van der Waals surface area contributed by atoms with Crippen molar-refractivity contribution in [1.29, 1.82) is 0 Å². The van der Waals surface area contributed by atoms with Gasteiger partial charge in [0.1, 0.15) is 11.0 Å². The standard InChI is InChI=1S/C45H27N3.C30H20N2.C15H8ClN/c1-2-11-30(12-3-1)47-40-19-8-6-15-33(40)36-25-28(21-23-42(36)47)29-22-24-43-37(26-29)34-16-7-9-20-41(34)48(43)44-27-38-32-14-5-4-13-31(32)35-17-10-18-39(46-44)45(35)38;1-2-8-22(9-3-1)32-29-13-7-5-11-24(29)26-19-21(15-17-30(26)32)20-14-16-28-25(18-20)23-10-4-6-12-27(23)31-28;16-14-8-12-10-5-2-1-4-9(10)11-6-3-7-13(17-14)15(11)12/h1-27H;1-19,31H;1-8H. The van der Waals surface area contributed by atoms with E-state index in [1.807, 2.05) is 18.2 Å². The van der Waals surface area contributed by atoms with Gasteiger partial charge in [-0.25, -0.2) is 9.97 Å². The molecule has 2 aliphatic rings. The lowest BCUT2D eigenvalue weighted by atomic mass is 10.0. The van der Waals surface area contributed by atoms with Gasteiger partial charge in [0.15, 0.2) is 0 Å². The molecule has 0 spiro atoms. The predicted octanol–water partition coefficient (Wildman–Crippen LogP) is 24.4. The summed E-state index contributed by atoms with van der Waals surface area (Å²) >= 11 is 6.08. The minimum Gasteiger partial charge on any atom is -0.355 e. The number of nitrogens with zero attached hydrogens (tertiary/aromatic N) is 5. The van der Waals surface area contributed by atoms with E-state index in [0.29, 0.717) is 5.15 Å². The Morgan fingerprint density at radius 1 is 0.237 bits per heavy atom. The zero-order valence-corrected chi connectivity index (χ0v) is 53.0. The minimum absolute atomic E-state index is 0.557. The molecule has 0 atom stereocenters. The molecule has 0 unspecified atom stereocenters. The molecule has 0 saturated heterocycles. The van der Waals surface area contributed by atoms with E-state index in [-0.39, 0.29) is 0 Å². The van der Waals surface area contributed by atoms with Gasteiger partial charge in [-0.2, -0.15) is 0 Å². The fourth-order valence-electron chi connectivity index (χ4n) is 15.9. The molecule has 20 aromatic rings. The molecule has 97 heavy (non-hydrogen) atoms. The smallest absolute Gasteiger partial charge is 0.138 e. The quantitative estimate of drug-likeness (QED) is 0.175. The van der Waals surface area contributed by atoms with E-state index in [0.717, 1.165) is 27.9 Å². The summed E-state index contributed by atoms with van der Waals surface area (Å²) in [6, 6.07) is 117. The molecule has 0 saturated carbocycles. The SMILES string of the molecule is Clc1cc2c3c(cccc3n1)-c1ccccc1-2.c1ccc(-n2c3ccccc3c3cc(-c4ccc5[nH]c6ccccc6c5c4)ccc32)cc1.c1ccc(-n2c3ccccc3c3cc(-c4ccc5c(c4)c4ccccc4n5-c4cc5c6c(cccc6n4)-c4ccccc4-5)ccc32)cc1. The van der Waals surface area contributed by atoms with Crippen LogP contribution in [0.25, 0.3) is 193 Å². The topological polar surface area (TPSA) is 56.4 Å². The van der Waals surface area contributed by atoms with E-state index in [2.05, 4.69) is 333 Å². The van der Waals surface area contributed by atoms with Crippen molar-refractivity contribution in [2.75, 3.05) is 0 Å². The number of aromatic nitrogens is 6. The van der Waals surface area contributed by atoms with E-state index >= 15 is 0 Å². The van der Waals surface area contributed by atoms with Gasteiger partial charge < -0.3 is 14.1 Å². The number of nitrogens with one attached hydrogen (secondary N) is 1. The molecule has 1 N–H and O–H groups in total. The molecule has 22 rings (SSSR count). The maximum absolute atomic E-state index is 6.08. The Bertz CT molecular complexity index is 6650. The zero-order chi connectivity index (χ0) is 63.8. The van der Waals surface area contributed by atoms with Crippen molar-refractivity contribution in [1.82, 2.24) is 28.7 Å². The molecule has 0 radical (unpaired) electrons. The summed E-state index contributed by atoms with van der Waals surface area (Å²) < 4.78 is 7.07. The Morgan fingerprint density at radius 2 is 0.598 bits per heavy atom. The molecular weight excluding hydrogens is 1200 g/mol. The van der Waals surface area contributed by atoms with Gasteiger partial charge in [-0.15, -0.1) is 0 Å². The maximum atomic E-state index is 6.08. The maximum Gasteiger partial charge on any atom is 0.138 e. The van der Waals surface area contributed by atoms with Crippen LogP contribution >= 0.6 is 11.6 Å². The summed E-state index contributed by atoms with van der Waals surface area (Å²) in [6.07, 6.45) is 0. The lowest BCUT2D eigenvalue weighted by Crippen LogP contribution is -1.98. The number of hydrogen-bond acceptors (Lipinski definition) is 2. The van der Waals surface area contributed by atoms with Gasteiger partial charge >= 0.3 is 0 Å². The van der Waals surface area contributed by atoms with Crippen molar-refractivity contribution in [3.63, 3.8) is 0 Å². The molecule has 0 fully saturated rings. The highest BCUT2D eigenvalue weighted by Gasteiger charge is 2.26. The molecule has 7 heteroatoms. The van der Waals surface area contributed by atoms with Crippen molar-refractivity contribution >= 4 is 121 Å². The number of benzene rings is 14. The summed E-state index contributed by atoms with van der Waals surface area (Å²) in [5, 5.41) is 13.1. The fraction of sp³-hybridized carbons (Fsp3) is 0. The number of hydrogen-bond donors (Lipinski definition) is 1. The number of para-hydroxylation sites is 6. The Morgan fingerprint density at radius 3 is 1.11 bits per heavy atom. The third-order valence-electron chi connectivity index (χ3n) is 20.1. The van der Waals surface area contributed by atoms with Gasteiger partial charge in [-0.05, 0) is 188 Å². The van der Waals surface area contributed by atoms with Gasteiger partial charge in [0.25, 0.3) is 0 Å². The highest BCUT2D eigenvalue weighted by Crippen LogP contribution is 2.50. The third-order valence-corrected chi connectivity index (χ3v) is 20.3. The molecule has 452 valence electrons. The summed E-state index contributed by atoms with van der Waals surface area (Å²) in [4.78, 5) is 13.2. The second kappa shape index (κ2) is 21.7.